The van der Waals surface area contributed by atoms with Crippen molar-refractivity contribution in [3.05, 3.63) is 77.4 Å². The third-order valence-electron chi connectivity index (χ3n) is 5.90. The molecule has 1 aromatic heterocycles. The minimum absolute atomic E-state index is 0.0150. The lowest BCUT2D eigenvalue weighted by Crippen LogP contribution is -2.25. The zero-order valence-electron chi connectivity index (χ0n) is 17.5. The van der Waals surface area contributed by atoms with Gasteiger partial charge in [-0.1, -0.05) is 30.3 Å². The summed E-state index contributed by atoms with van der Waals surface area (Å²) in [6.07, 6.45) is 3.98. The number of amides is 1. The average Bonchev–Trinajstić information content (AvgIpc) is 3.30. The van der Waals surface area contributed by atoms with Crippen molar-refractivity contribution in [1.29, 1.82) is 0 Å². The molecule has 1 atom stereocenters. The number of hydrogen-bond acceptors (Lipinski definition) is 4. The SMILES string of the molecule is CC(C)n1cnc([C@H]2CN(Cc3ccccc3)c3ccc(C(=O)NC4CC4)cc32)n1. The first-order chi connectivity index (χ1) is 14.6. The molecule has 1 aliphatic heterocycles. The fourth-order valence-electron chi connectivity index (χ4n) is 4.05. The Balaban J connectivity index is 1.49. The van der Waals surface area contributed by atoms with Crippen LogP contribution in [0.15, 0.2) is 54.9 Å². The van der Waals surface area contributed by atoms with Crippen molar-refractivity contribution in [3.8, 4) is 0 Å². The van der Waals surface area contributed by atoms with Crippen LogP contribution in [-0.4, -0.2) is 33.3 Å². The van der Waals surface area contributed by atoms with Crippen molar-refractivity contribution in [2.75, 3.05) is 11.4 Å². The number of hydrogen-bond donors (Lipinski definition) is 1. The van der Waals surface area contributed by atoms with Crippen LogP contribution in [0.4, 0.5) is 5.69 Å². The highest BCUT2D eigenvalue weighted by atomic mass is 16.1. The van der Waals surface area contributed by atoms with E-state index in [0.717, 1.165) is 48.6 Å². The third kappa shape index (κ3) is 3.70. The maximum absolute atomic E-state index is 12.6. The number of anilines is 1. The van der Waals surface area contributed by atoms with Gasteiger partial charge in [0.25, 0.3) is 5.91 Å². The minimum Gasteiger partial charge on any atom is -0.366 e. The molecule has 3 aromatic rings. The van der Waals surface area contributed by atoms with E-state index in [4.69, 9.17) is 5.10 Å². The van der Waals surface area contributed by atoms with E-state index in [1.807, 2.05) is 29.2 Å². The molecule has 2 aliphatic rings. The van der Waals surface area contributed by atoms with E-state index < -0.39 is 0 Å². The van der Waals surface area contributed by atoms with Gasteiger partial charge in [-0.25, -0.2) is 4.98 Å². The Kier molecular flexibility index (Phi) is 4.77. The number of nitrogens with zero attached hydrogens (tertiary/aromatic N) is 4. The highest BCUT2D eigenvalue weighted by Crippen LogP contribution is 2.40. The van der Waals surface area contributed by atoms with E-state index in [1.165, 1.54) is 5.56 Å². The second kappa shape index (κ2) is 7.59. The quantitative estimate of drug-likeness (QED) is 0.680. The van der Waals surface area contributed by atoms with Gasteiger partial charge in [0, 0.05) is 36.4 Å². The Hall–Kier alpha value is -3.15. The lowest BCUT2D eigenvalue weighted by molar-refractivity contribution is 0.0951. The van der Waals surface area contributed by atoms with Gasteiger partial charge in [-0.3, -0.25) is 9.48 Å². The summed E-state index contributed by atoms with van der Waals surface area (Å²) in [5.74, 6) is 0.888. The van der Waals surface area contributed by atoms with Gasteiger partial charge in [-0.15, -0.1) is 0 Å². The van der Waals surface area contributed by atoms with Gasteiger partial charge in [-0.05, 0) is 56.0 Å². The maximum Gasteiger partial charge on any atom is 0.251 e. The lowest BCUT2D eigenvalue weighted by atomic mass is 9.98. The maximum atomic E-state index is 12.6. The molecule has 0 saturated heterocycles. The lowest BCUT2D eigenvalue weighted by Gasteiger charge is -2.20. The van der Waals surface area contributed by atoms with Gasteiger partial charge in [0.15, 0.2) is 5.82 Å². The zero-order chi connectivity index (χ0) is 20.7. The molecule has 154 valence electrons. The van der Waals surface area contributed by atoms with E-state index in [2.05, 4.69) is 59.4 Å². The van der Waals surface area contributed by atoms with Crippen LogP contribution >= 0.6 is 0 Å². The van der Waals surface area contributed by atoms with Crippen molar-refractivity contribution in [2.45, 2.75) is 51.2 Å². The molecule has 1 amide bonds. The molecule has 0 unspecified atom stereocenters. The van der Waals surface area contributed by atoms with E-state index in [1.54, 1.807) is 0 Å². The summed E-state index contributed by atoms with van der Waals surface area (Å²) in [5.41, 5.74) is 4.28. The summed E-state index contributed by atoms with van der Waals surface area (Å²) in [6, 6.07) is 17.2. The van der Waals surface area contributed by atoms with E-state index >= 15 is 0 Å². The standard InChI is InChI=1S/C24H27N5O/c1-16(2)29-15-25-23(27-29)21-14-28(13-17-6-4-3-5-7-17)22-11-8-18(12-20(21)22)24(30)26-19-9-10-19/h3-8,11-12,15-16,19,21H,9-10,13-14H2,1-2H3,(H,26,30)/t21-/m0/s1. The molecule has 6 nitrogen and oxygen atoms in total. The van der Waals surface area contributed by atoms with Crippen LogP contribution in [0.3, 0.4) is 0 Å². The number of rotatable bonds is 6. The third-order valence-corrected chi connectivity index (χ3v) is 5.90. The average molecular weight is 402 g/mol. The van der Waals surface area contributed by atoms with Crippen molar-refractivity contribution >= 4 is 11.6 Å². The number of carbonyl (C=O) groups excluding carboxylic acids is 1. The first kappa shape index (κ1) is 18.9. The Bertz CT molecular complexity index is 1050. The molecule has 1 aliphatic carbocycles. The summed E-state index contributed by atoms with van der Waals surface area (Å²) in [5, 5.41) is 7.84. The number of carbonyl (C=O) groups is 1. The number of aromatic nitrogens is 3. The normalized spacial score (nSPS) is 18.0. The largest absolute Gasteiger partial charge is 0.366 e. The van der Waals surface area contributed by atoms with Crippen molar-refractivity contribution in [2.24, 2.45) is 0 Å². The number of benzene rings is 2. The van der Waals surface area contributed by atoms with E-state index in [9.17, 15) is 4.79 Å². The summed E-state index contributed by atoms with van der Waals surface area (Å²) in [6.45, 7) is 5.83. The van der Waals surface area contributed by atoms with Crippen LogP contribution in [0, 0.1) is 0 Å². The molecule has 2 aromatic carbocycles. The van der Waals surface area contributed by atoms with Crippen LogP contribution in [0.1, 0.15) is 66.0 Å². The predicted octanol–water partition coefficient (Wildman–Crippen LogP) is 3.90. The van der Waals surface area contributed by atoms with Crippen molar-refractivity contribution in [3.63, 3.8) is 0 Å². The van der Waals surface area contributed by atoms with Gasteiger partial charge in [-0.2, -0.15) is 5.10 Å². The van der Waals surface area contributed by atoms with Gasteiger partial charge in [0.05, 0.1) is 5.92 Å². The first-order valence-corrected chi connectivity index (χ1v) is 10.7. The highest BCUT2D eigenvalue weighted by Gasteiger charge is 2.33. The summed E-state index contributed by atoms with van der Waals surface area (Å²) in [4.78, 5) is 19.6. The Morgan fingerprint density at radius 2 is 1.97 bits per heavy atom. The Morgan fingerprint density at radius 3 is 2.67 bits per heavy atom. The van der Waals surface area contributed by atoms with Gasteiger partial charge < -0.3 is 10.2 Å². The van der Waals surface area contributed by atoms with Crippen LogP contribution < -0.4 is 10.2 Å². The molecular formula is C24H27N5O. The first-order valence-electron chi connectivity index (χ1n) is 10.7. The van der Waals surface area contributed by atoms with E-state index in [-0.39, 0.29) is 17.9 Å². The van der Waals surface area contributed by atoms with Crippen LogP contribution in [0.2, 0.25) is 0 Å². The molecule has 2 heterocycles. The van der Waals surface area contributed by atoms with Crippen LogP contribution in [0.5, 0.6) is 0 Å². The molecule has 30 heavy (non-hydrogen) atoms. The van der Waals surface area contributed by atoms with Crippen LogP contribution in [0.25, 0.3) is 0 Å². The highest BCUT2D eigenvalue weighted by molar-refractivity contribution is 5.95. The molecule has 5 rings (SSSR count). The molecule has 6 heteroatoms. The summed E-state index contributed by atoms with van der Waals surface area (Å²) >= 11 is 0. The fraction of sp³-hybridized carbons (Fsp3) is 0.375. The molecule has 1 saturated carbocycles. The van der Waals surface area contributed by atoms with Gasteiger partial charge in [0.1, 0.15) is 6.33 Å². The second-order valence-electron chi connectivity index (χ2n) is 8.62. The molecule has 1 N–H and O–H groups in total. The summed E-state index contributed by atoms with van der Waals surface area (Å²) < 4.78 is 1.90. The number of fused-ring (bicyclic) bond motifs is 1. The molecular weight excluding hydrogens is 374 g/mol. The summed E-state index contributed by atoms with van der Waals surface area (Å²) in [7, 11) is 0. The topological polar surface area (TPSA) is 63.1 Å². The zero-order valence-corrected chi connectivity index (χ0v) is 17.5. The number of nitrogens with one attached hydrogen (secondary N) is 1. The minimum atomic E-state index is 0.0150. The molecule has 0 radical (unpaired) electrons. The second-order valence-corrected chi connectivity index (χ2v) is 8.62. The van der Waals surface area contributed by atoms with Crippen LogP contribution in [-0.2, 0) is 6.54 Å². The van der Waals surface area contributed by atoms with Crippen molar-refractivity contribution < 1.29 is 4.79 Å². The van der Waals surface area contributed by atoms with Gasteiger partial charge >= 0.3 is 0 Å². The molecule has 0 spiro atoms. The molecule has 1 fully saturated rings. The molecule has 0 bridgehead atoms. The van der Waals surface area contributed by atoms with Gasteiger partial charge in [0.2, 0.25) is 0 Å². The van der Waals surface area contributed by atoms with Crippen molar-refractivity contribution in [1.82, 2.24) is 20.1 Å². The smallest absolute Gasteiger partial charge is 0.251 e. The Labute approximate surface area is 176 Å². The Morgan fingerprint density at radius 1 is 1.17 bits per heavy atom. The fourth-order valence-corrected chi connectivity index (χ4v) is 4.05. The monoisotopic (exact) mass is 401 g/mol. The van der Waals surface area contributed by atoms with E-state index in [0.29, 0.717) is 6.04 Å². The predicted molar refractivity (Wildman–Crippen MR) is 117 cm³/mol.